The van der Waals surface area contributed by atoms with Gasteiger partial charge in [-0.15, -0.1) is 11.3 Å². The molecule has 3 heterocycles. The standard InChI is InChI=1S/C23H24FN3O4S/c1-13-14(2)32-22-20(13)21(25-12-26-22)27-8-6-15(7-9-27)23(29)31-11-18(28)16-4-5-19(30-3)17(24)10-16/h4-5,10,12,15H,6-9,11H2,1-3H3. The van der Waals surface area contributed by atoms with Gasteiger partial charge in [0.15, 0.2) is 24.0 Å². The quantitative estimate of drug-likeness (QED) is 0.407. The van der Waals surface area contributed by atoms with Crippen LogP contribution in [0.1, 0.15) is 33.6 Å². The third-order valence-corrected chi connectivity index (χ3v) is 7.01. The van der Waals surface area contributed by atoms with E-state index in [1.165, 1.54) is 29.7 Å². The number of thiophene rings is 1. The van der Waals surface area contributed by atoms with E-state index in [4.69, 9.17) is 9.47 Å². The van der Waals surface area contributed by atoms with Crippen LogP contribution in [-0.2, 0) is 9.53 Å². The lowest BCUT2D eigenvalue weighted by Crippen LogP contribution is -2.37. The fourth-order valence-electron chi connectivity index (χ4n) is 3.91. The minimum Gasteiger partial charge on any atom is -0.494 e. The molecule has 7 nitrogen and oxygen atoms in total. The molecule has 0 bridgehead atoms. The molecule has 3 aromatic rings. The molecule has 32 heavy (non-hydrogen) atoms. The molecule has 0 atom stereocenters. The van der Waals surface area contributed by atoms with Gasteiger partial charge in [0.2, 0.25) is 0 Å². The highest BCUT2D eigenvalue weighted by atomic mass is 32.1. The number of hydrogen-bond acceptors (Lipinski definition) is 8. The van der Waals surface area contributed by atoms with E-state index >= 15 is 0 Å². The molecule has 2 aromatic heterocycles. The van der Waals surface area contributed by atoms with Crippen molar-refractivity contribution in [3.63, 3.8) is 0 Å². The highest BCUT2D eigenvalue weighted by molar-refractivity contribution is 7.18. The number of carbonyl (C=O) groups excluding carboxylic acids is 2. The molecule has 1 fully saturated rings. The normalized spacial score (nSPS) is 14.6. The Hall–Kier alpha value is -3.07. The molecule has 9 heteroatoms. The second kappa shape index (κ2) is 9.20. The van der Waals surface area contributed by atoms with Gasteiger partial charge in [-0.1, -0.05) is 0 Å². The number of aryl methyl sites for hydroxylation is 2. The number of methoxy groups -OCH3 is 1. The number of ether oxygens (including phenoxy) is 2. The zero-order valence-electron chi connectivity index (χ0n) is 18.2. The first-order valence-corrected chi connectivity index (χ1v) is 11.2. The van der Waals surface area contributed by atoms with Gasteiger partial charge in [0.05, 0.1) is 18.4 Å². The first-order chi connectivity index (χ1) is 15.4. The van der Waals surface area contributed by atoms with E-state index in [-0.39, 0.29) is 17.2 Å². The van der Waals surface area contributed by atoms with Crippen LogP contribution in [0.3, 0.4) is 0 Å². The molecule has 0 spiro atoms. The van der Waals surface area contributed by atoms with Gasteiger partial charge in [-0.25, -0.2) is 14.4 Å². The summed E-state index contributed by atoms with van der Waals surface area (Å²) in [5.74, 6) is -0.813. The zero-order valence-corrected chi connectivity index (χ0v) is 19.0. The minimum absolute atomic E-state index is 0.0547. The molecule has 0 radical (unpaired) electrons. The van der Waals surface area contributed by atoms with Crippen molar-refractivity contribution < 1.29 is 23.5 Å². The highest BCUT2D eigenvalue weighted by Gasteiger charge is 2.29. The number of halogens is 1. The van der Waals surface area contributed by atoms with E-state index in [9.17, 15) is 14.0 Å². The lowest BCUT2D eigenvalue weighted by molar-refractivity contribution is -0.148. The molecular formula is C23H24FN3O4S. The zero-order chi connectivity index (χ0) is 22.8. The van der Waals surface area contributed by atoms with Crippen molar-refractivity contribution in [2.45, 2.75) is 26.7 Å². The number of carbonyl (C=O) groups is 2. The fraction of sp³-hybridized carbons (Fsp3) is 0.391. The van der Waals surface area contributed by atoms with Crippen LogP contribution < -0.4 is 9.64 Å². The molecule has 0 N–H and O–H groups in total. The molecule has 1 aromatic carbocycles. The summed E-state index contributed by atoms with van der Waals surface area (Å²) in [5.41, 5.74) is 1.33. The van der Waals surface area contributed by atoms with Crippen LogP contribution in [0.2, 0.25) is 0 Å². The fourth-order valence-corrected chi connectivity index (χ4v) is 4.90. The summed E-state index contributed by atoms with van der Waals surface area (Å²) in [5, 5.41) is 1.08. The van der Waals surface area contributed by atoms with Gasteiger partial charge in [0, 0.05) is 23.5 Å². The Morgan fingerprint density at radius 1 is 1.22 bits per heavy atom. The monoisotopic (exact) mass is 457 g/mol. The number of anilines is 1. The lowest BCUT2D eigenvalue weighted by atomic mass is 9.96. The van der Waals surface area contributed by atoms with Crippen LogP contribution >= 0.6 is 11.3 Å². The maximum Gasteiger partial charge on any atom is 0.309 e. The van der Waals surface area contributed by atoms with E-state index in [2.05, 4.69) is 28.7 Å². The topological polar surface area (TPSA) is 81.6 Å². The third kappa shape index (κ3) is 4.29. The minimum atomic E-state index is -0.632. The van der Waals surface area contributed by atoms with Crippen LogP contribution in [-0.4, -0.2) is 48.5 Å². The smallest absolute Gasteiger partial charge is 0.309 e. The summed E-state index contributed by atoms with van der Waals surface area (Å²) in [4.78, 5) is 38.0. The summed E-state index contributed by atoms with van der Waals surface area (Å²) in [6, 6.07) is 3.91. The Bertz CT molecular complexity index is 1170. The maximum absolute atomic E-state index is 13.8. The lowest BCUT2D eigenvalue weighted by Gasteiger charge is -2.32. The average molecular weight is 458 g/mol. The first kappa shape index (κ1) is 22.1. The van der Waals surface area contributed by atoms with E-state index in [0.717, 1.165) is 22.1 Å². The molecule has 0 unspecified atom stereocenters. The Morgan fingerprint density at radius 3 is 2.66 bits per heavy atom. The maximum atomic E-state index is 13.8. The first-order valence-electron chi connectivity index (χ1n) is 10.4. The average Bonchev–Trinajstić information content (AvgIpc) is 3.10. The number of piperidine rings is 1. The van der Waals surface area contributed by atoms with Crippen LogP contribution in [0, 0.1) is 25.6 Å². The summed E-state index contributed by atoms with van der Waals surface area (Å²) in [6.45, 7) is 5.08. The molecule has 4 rings (SSSR count). The second-order valence-electron chi connectivity index (χ2n) is 7.80. The van der Waals surface area contributed by atoms with Gasteiger partial charge in [0.1, 0.15) is 17.0 Å². The van der Waals surface area contributed by atoms with Crippen LogP contribution in [0.25, 0.3) is 10.2 Å². The summed E-state index contributed by atoms with van der Waals surface area (Å²) >= 11 is 1.66. The van der Waals surface area contributed by atoms with Gasteiger partial charge in [-0.2, -0.15) is 0 Å². The van der Waals surface area contributed by atoms with Crippen LogP contribution in [0.4, 0.5) is 10.2 Å². The van der Waals surface area contributed by atoms with Crippen molar-refractivity contribution in [2.75, 3.05) is 31.7 Å². The number of rotatable bonds is 6. The van der Waals surface area contributed by atoms with E-state index in [0.29, 0.717) is 25.9 Å². The van der Waals surface area contributed by atoms with Crippen LogP contribution in [0.5, 0.6) is 5.75 Å². The molecule has 0 saturated carbocycles. The van der Waals surface area contributed by atoms with Gasteiger partial charge >= 0.3 is 5.97 Å². The molecule has 0 amide bonds. The molecule has 1 aliphatic heterocycles. The molecule has 168 valence electrons. The van der Waals surface area contributed by atoms with Crippen molar-refractivity contribution in [1.29, 1.82) is 0 Å². The van der Waals surface area contributed by atoms with E-state index < -0.39 is 24.2 Å². The second-order valence-corrected chi connectivity index (χ2v) is 9.01. The molecule has 1 aliphatic rings. The van der Waals surface area contributed by atoms with Gasteiger partial charge < -0.3 is 14.4 Å². The van der Waals surface area contributed by atoms with E-state index in [1.807, 2.05) is 0 Å². The largest absolute Gasteiger partial charge is 0.494 e. The SMILES string of the molecule is COc1ccc(C(=O)COC(=O)C2CCN(c3ncnc4sc(C)c(C)c34)CC2)cc1F. The number of hydrogen-bond donors (Lipinski definition) is 0. The number of nitrogens with zero attached hydrogens (tertiary/aromatic N) is 3. The van der Waals surface area contributed by atoms with Gasteiger partial charge in [-0.3, -0.25) is 9.59 Å². The van der Waals surface area contributed by atoms with Crippen LogP contribution in [0.15, 0.2) is 24.5 Å². The van der Waals surface area contributed by atoms with E-state index in [1.54, 1.807) is 17.7 Å². The number of aromatic nitrogens is 2. The number of ketones is 1. The predicted molar refractivity (Wildman–Crippen MR) is 120 cm³/mol. The van der Waals surface area contributed by atoms with Crippen molar-refractivity contribution in [3.05, 3.63) is 46.3 Å². The number of esters is 1. The Balaban J connectivity index is 1.34. The van der Waals surface area contributed by atoms with Gasteiger partial charge in [0.25, 0.3) is 0 Å². The molecule has 0 aliphatic carbocycles. The summed E-state index contributed by atoms with van der Waals surface area (Å²) < 4.78 is 23.9. The number of benzene rings is 1. The highest BCUT2D eigenvalue weighted by Crippen LogP contribution is 2.35. The Labute approximate surface area is 189 Å². The van der Waals surface area contributed by atoms with Crippen molar-refractivity contribution in [3.8, 4) is 5.75 Å². The predicted octanol–water partition coefficient (Wildman–Crippen LogP) is 4.10. The Kier molecular flexibility index (Phi) is 6.36. The third-order valence-electron chi connectivity index (χ3n) is 5.89. The van der Waals surface area contributed by atoms with Crippen molar-refractivity contribution in [1.82, 2.24) is 9.97 Å². The van der Waals surface area contributed by atoms with Crippen molar-refractivity contribution >= 4 is 39.1 Å². The number of fused-ring (bicyclic) bond motifs is 1. The Morgan fingerprint density at radius 2 is 1.97 bits per heavy atom. The van der Waals surface area contributed by atoms with Gasteiger partial charge in [-0.05, 0) is 50.5 Å². The van der Waals surface area contributed by atoms with Crippen molar-refractivity contribution in [2.24, 2.45) is 5.92 Å². The molecule has 1 saturated heterocycles. The molecular weight excluding hydrogens is 433 g/mol. The summed E-state index contributed by atoms with van der Waals surface area (Å²) in [7, 11) is 1.35. The summed E-state index contributed by atoms with van der Waals surface area (Å²) in [6.07, 6.45) is 2.80. The number of Topliss-reactive ketones (excluding diaryl/α,β-unsaturated/α-hetero) is 1.